The van der Waals surface area contributed by atoms with Gasteiger partial charge in [-0.15, -0.1) is 0 Å². The highest BCUT2D eigenvalue weighted by Crippen LogP contribution is 2.67. The van der Waals surface area contributed by atoms with Gasteiger partial charge in [-0.05, 0) is 67.6 Å². The van der Waals surface area contributed by atoms with Gasteiger partial charge in [0.05, 0.1) is 0 Å². The molecular formula is C15H22O. The Morgan fingerprint density at radius 2 is 1.81 bits per heavy atom. The van der Waals surface area contributed by atoms with Crippen molar-refractivity contribution >= 4 is 5.78 Å². The zero-order valence-electron chi connectivity index (χ0n) is 10.2. The molecule has 5 saturated carbocycles. The van der Waals surface area contributed by atoms with Crippen LogP contribution in [0.3, 0.4) is 0 Å². The summed E-state index contributed by atoms with van der Waals surface area (Å²) >= 11 is 0. The minimum absolute atomic E-state index is 0.388. The molecule has 0 N–H and O–H groups in total. The van der Waals surface area contributed by atoms with Gasteiger partial charge in [0.25, 0.3) is 0 Å². The molecule has 5 rings (SSSR count). The molecular weight excluding hydrogens is 196 g/mol. The maximum absolute atomic E-state index is 12.0. The molecule has 0 heterocycles. The van der Waals surface area contributed by atoms with E-state index in [-0.39, 0.29) is 0 Å². The van der Waals surface area contributed by atoms with Crippen molar-refractivity contribution in [1.82, 2.24) is 0 Å². The van der Waals surface area contributed by atoms with E-state index in [1.807, 2.05) is 0 Å². The topological polar surface area (TPSA) is 17.1 Å². The van der Waals surface area contributed by atoms with Crippen LogP contribution in [0, 0.1) is 35.0 Å². The molecule has 0 aliphatic heterocycles. The Labute approximate surface area is 98.0 Å². The normalized spacial score (nSPS) is 58.8. The van der Waals surface area contributed by atoms with Crippen LogP contribution in [0.1, 0.15) is 51.9 Å². The van der Waals surface area contributed by atoms with Gasteiger partial charge >= 0.3 is 0 Å². The zero-order valence-corrected chi connectivity index (χ0v) is 10.2. The lowest BCUT2D eigenvalue weighted by Crippen LogP contribution is -2.57. The van der Waals surface area contributed by atoms with Crippen molar-refractivity contribution in [2.24, 2.45) is 35.0 Å². The number of carbonyl (C=O) groups is 1. The summed E-state index contributed by atoms with van der Waals surface area (Å²) in [4.78, 5) is 12.0. The second kappa shape index (κ2) is 2.91. The van der Waals surface area contributed by atoms with Gasteiger partial charge in [0.1, 0.15) is 5.78 Å². The van der Waals surface area contributed by atoms with Crippen molar-refractivity contribution in [3.63, 3.8) is 0 Å². The Balaban J connectivity index is 1.76. The highest BCUT2D eigenvalue weighted by atomic mass is 16.1. The van der Waals surface area contributed by atoms with E-state index in [2.05, 4.69) is 6.92 Å². The summed E-state index contributed by atoms with van der Waals surface area (Å²) in [6.45, 7) is 2.23. The number of rotatable bonds is 0. The van der Waals surface area contributed by atoms with E-state index >= 15 is 0 Å². The SMILES string of the molecule is C[C@@H]1C(=O)CCC23CC4CC(CC(C4)[C@H]12)C3. The zero-order chi connectivity index (χ0) is 10.9. The van der Waals surface area contributed by atoms with Gasteiger partial charge in [-0.25, -0.2) is 0 Å². The summed E-state index contributed by atoms with van der Waals surface area (Å²) in [5.74, 6) is 4.73. The molecule has 0 aromatic carbocycles. The number of hydrogen-bond donors (Lipinski definition) is 0. The van der Waals surface area contributed by atoms with Crippen LogP contribution in [0.25, 0.3) is 0 Å². The number of ketones is 1. The van der Waals surface area contributed by atoms with Crippen LogP contribution in [0.15, 0.2) is 0 Å². The predicted octanol–water partition coefficient (Wildman–Crippen LogP) is 3.43. The second-order valence-corrected chi connectivity index (χ2v) is 7.25. The maximum Gasteiger partial charge on any atom is 0.136 e. The van der Waals surface area contributed by atoms with Crippen molar-refractivity contribution in [3.05, 3.63) is 0 Å². The number of hydrogen-bond acceptors (Lipinski definition) is 1. The van der Waals surface area contributed by atoms with E-state index in [4.69, 9.17) is 0 Å². The average molecular weight is 218 g/mol. The predicted molar refractivity (Wildman–Crippen MR) is 62.9 cm³/mol. The molecule has 0 amide bonds. The van der Waals surface area contributed by atoms with E-state index in [1.54, 1.807) is 0 Å². The Hall–Kier alpha value is -0.330. The first-order valence-corrected chi connectivity index (χ1v) is 7.21. The summed E-state index contributed by atoms with van der Waals surface area (Å²) in [6, 6.07) is 0. The van der Waals surface area contributed by atoms with E-state index in [0.29, 0.717) is 17.1 Å². The van der Waals surface area contributed by atoms with Crippen LogP contribution in [-0.4, -0.2) is 5.78 Å². The molecule has 1 heteroatoms. The smallest absolute Gasteiger partial charge is 0.136 e. The van der Waals surface area contributed by atoms with Gasteiger partial charge in [0.2, 0.25) is 0 Å². The van der Waals surface area contributed by atoms with Crippen molar-refractivity contribution in [1.29, 1.82) is 0 Å². The van der Waals surface area contributed by atoms with E-state index in [1.165, 1.54) is 38.5 Å². The minimum atomic E-state index is 0.388. The van der Waals surface area contributed by atoms with E-state index in [0.717, 1.165) is 30.1 Å². The van der Waals surface area contributed by atoms with Crippen molar-refractivity contribution in [2.75, 3.05) is 0 Å². The molecule has 0 aromatic rings. The molecule has 5 aliphatic rings. The maximum atomic E-state index is 12.0. The minimum Gasteiger partial charge on any atom is -0.299 e. The van der Waals surface area contributed by atoms with Gasteiger partial charge in [-0.2, -0.15) is 0 Å². The molecule has 4 atom stereocenters. The Bertz CT molecular complexity index is 331. The molecule has 88 valence electrons. The lowest BCUT2D eigenvalue weighted by Gasteiger charge is -2.64. The fraction of sp³-hybridized carbons (Fsp3) is 0.933. The van der Waals surface area contributed by atoms with Crippen LogP contribution in [0.2, 0.25) is 0 Å². The summed E-state index contributed by atoms with van der Waals surface area (Å²) in [5, 5.41) is 0. The number of Topliss-reactive ketones (excluding diaryl/α,β-unsaturated/α-hetero) is 1. The molecule has 0 aromatic heterocycles. The highest BCUT2D eigenvalue weighted by molar-refractivity contribution is 5.82. The Kier molecular flexibility index (Phi) is 1.76. The lowest BCUT2D eigenvalue weighted by atomic mass is 9.40. The monoisotopic (exact) mass is 218 g/mol. The molecule has 0 saturated heterocycles. The van der Waals surface area contributed by atoms with Gasteiger partial charge in [-0.1, -0.05) is 6.92 Å². The van der Waals surface area contributed by atoms with Crippen molar-refractivity contribution in [3.8, 4) is 0 Å². The van der Waals surface area contributed by atoms with Crippen LogP contribution in [0.5, 0.6) is 0 Å². The van der Waals surface area contributed by atoms with E-state index in [9.17, 15) is 4.79 Å². The van der Waals surface area contributed by atoms with Crippen molar-refractivity contribution < 1.29 is 4.79 Å². The van der Waals surface area contributed by atoms with Gasteiger partial charge in [0, 0.05) is 12.3 Å². The molecule has 2 unspecified atom stereocenters. The summed E-state index contributed by atoms with van der Waals surface area (Å²) < 4.78 is 0. The van der Waals surface area contributed by atoms with Crippen LogP contribution in [0.4, 0.5) is 0 Å². The molecule has 0 radical (unpaired) electrons. The first kappa shape index (κ1) is 9.67. The Morgan fingerprint density at radius 3 is 2.50 bits per heavy atom. The molecule has 16 heavy (non-hydrogen) atoms. The van der Waals surface area contributed by atoms with Gasteiger partial charge in [0.15, 0.2) is 0 Å². The third kappa shape index (κ3) is 1.05. The first-order valence-electron chi connectivity index (χ1n) is 7.21. The molecule has 5 fully saturated rings. The van der Waals surface area contributed by atoms with Crippen LogP contribution >= 0.6 is 0 Å². The lowest BCUT2D eigenvalue weighted by molar-refractivity contribution is -0.164. The fourth-order valence-corrected chi connectivity index (χ4v) is 6.36. The highest BCUT2D eigenvalue weighted by Gasteiger charge is 2.60. The second-order valence-electron chi connectivity index (χ2n) is 7.25. The van der Waals surface area contributed by atoms with Gasteiger partial charge in [-0.3, -0.25) is 4.79 Å². The quantitative estimate of drug-likeness (QED) is 0.609. The fourth-order valence-electron chi connectivity index (χ4n) is 6.36. The molecule has 1 spiro atoms. The third-order valence-electron chi connectivity index (χ3n) is 6.46. The number of carbonyl (C=O) groups excluding carboxylic acids is 1. The largest absolute Gasteiger partial charge is 0.299 e. The third-order valence-corrected chi connectivity index (χ3v) is 6.46. The van der Waals surface area contributed by atoms with Crippen LogP contribution < -0.4 is 0 Å². The molecule has 5 aliphatic carbocycles. The first-order chi connectivity index (χ1) is 7.68. The van der Waals surface area contributed by atoms with E-state index < -0.39 is 0 Å². The summed E-state index contributed by atoms with van der Waals surface area (Å²) in [7, 11) is 0. The molecule has 4 bridgehead atoms. The average Bonchev–Trinajstić information content (AvgIpc) is 2.22. The van der Waals surface area contributed by atoms with Gasteiger partial charge < -0.3 is 0 Å². The van der Waals surface area contributed by atoms with Crippen LogP contribution in [-0.2, 0) is 4.79 Å². The Morgan fingerprint density at radius 1 is 1.12 bits per heavy atom. The van der Waals surface area contributed by atoms with Crippen molar-refractivity contribution in [2.45, 2.75) is 51.9 Å². The standard InChI is InChI=1S/C15H22O/c1-9-13(16)2-3-15-7-10-4-11(8-15)6-12(5-10)14(9)15/h9-12,14H,2-8H2,1H3/t9-,10?,11?,12?,14+,15?/m1/s1. The molecule has 1 nitrogen and oxygen atoms in total. The summed E-state index contributed by atoms with van der Waals surface area (Å²) in [5.41, 5.74) is 0.627. The summed E-state index contributed by atoms with van der Waals surface area (Å²) in [6.07, 6.45) is 9.52.